The number of carbonyl (C=O) groups is 1. The molecule has 0 atom stereocenters. The molecule has 0 aromatic carbocycles. The van der Waals surface area contributed by atoms with Crippen molar-refractivity contribution < 1.29 is 4.79 Å². The van der Waals surface area contributed by atoms with Crippen molar-refractivity contribution in [3.05, 3.63) is 0 Å². The molecule has 1 fully saturated rings. The summed E-state index contributed by atoms with van der Waals surface area (Å²) in [6, 6.07) is -0.600. The molecule has 0 aliphatic heterocycles. The van der Waals surface area contributed by atoms with Gasteiger partial charge in [0.05, 0.1) is 0 Å². The van der Waals surface area contributed by atoms with Crippen molar-refractivity contribution in [3.63, 3.8) is 0 Å². The Hall–Kier alpha value is -1.06. The highest BCUT2D eigenvalue weighted by Gasteiger charge is 2.25. The van der Waals surface area contributed by atoms with Crippen molar-refractivity contribution in [2.45, 2.75) is 39.5 Å². The predicted molar refractivity (Wildman–Crippen MR) is 57.0 cm³/mol. The van der Waals surface area contributed by atoms with Crippen LogP contribution >= 0.6 is 0 Å². The van der Waals surface area contributed by atoms with E-state index in [0.717, 1.165) is 12.8 Å². The van der Waals surface area contributed by atoms with E-state index in [2.05, 4.69) is 24.4 Å². The Morgan fingerprint density at radius 3 is 2.57 bits per heavy atom. The predicted octanol–water partition coefficient (Wildman–Crippen LogP) is 1.86. The Morgan fingerprint density at radius 2 is 2.07 bits per heavy atom. The minimum absolute atomic E-state index is 0.474. The Bertz CT molecular complexity index is 226. The quantitative estimate of drug-likeness (QED) is 0.515. The Morgan fingerprint density at radius 1 is 1.50 bits per heavy atom. The number of rotatable bonds is 2. The summed E-state index contributed by atoms with van der Waals surface area (Å²) < 4.78 is 0. The highest BCUT2D eigenvalue weighted by atomic mass is 16.2. The smallest absolute Gasteiger partial charge is 0.332 e. The van der Waals surface area contributed by atoms with Crippen LogP contribution in [-0.4, -0.2) is 12.2 Å². The van der Waals surface area contributed by atoms with E-state index in [-0.39, 0.29) is 0 Å². The number of urea groups is 1. The molecule has 0 bridgehead atoms. The zero-order chi connectivity index (χ0) is 10.6. The van der Waals surface area contributed by atoms with Gasteiger partial charge in [-0.2, -0.15) is 5.10 Å². The molecule has 1 saturated carbocycles. The van der Waals surface area contributed by atoms with Gasteiger partial charge < -0.3 is 5.73 Å². The lowest BCUT2D eigenvalue weighted by Crippen LogP contribution is -2.26. The van der Waals surface area contributed by atoms with Gasteiger partial charge in [0.25, 0.3) is 0 Å². The fraction of sp³-hybridized carbons (Fsp3) is 0.800. The molecule has 1 aliphatic carbocycles. The van der Waals surface area contributed by atoms with Crippen molar-refractivity contribution in [2.75, 3.05) is 0 Å². The number of hydrogen-bond donors (Lipinski definition) is 2. The van der Waals surface area contributed by atoms with Crippen molar-refractivity contribution >= 4 is 12.2 Å². The average Bonchev–Trinajstić information content (AvgIpc) is 2.07. The number of hydrazone groups is 1. The number of nitrogens with one attached hydrogen (secondary N) is 1. The lowest BCUT2D eigenvalue weighted by atomic mass is 9.73. The molecule has 4 heteroatoms. The first-order valence-electron chi connectivity index (χ1n) is 5.08. The van der Waals surface area contributed by atoms with E-state index in [4.69, 9.17) is 5.73 Å². The first-order valence-corrected chi connectivity index (χ1v) is 5.08. The number of primary amides is 1. The minimum Gasteiger partial charge on any atom is -0.350 e. The summed E-state index contributed by atoms with van der Waals surface area (Å²) in [5, 5.41) is 3.79. The fourth-order valence-corrected chi connectivity index (χ4v) is 1.78. The van der Waals surface area contributed by atoms with Crippen LogP contribution in [0.1, 0.15) is 39.5 Å². The molecule has 1 rings (SSSR count). The van der Waals surface area contributed by atoms with E-state index in [9.17, 15) is 4.79 Å². The van der Waals surface area contributed by atoms with E-state index in [1.165, 1.54) is 12.8 Å². The third kappa shape index (κ3) is 3.77. The molecule has 0 radical (unpaired) electrons. The van der Waals surface area contributed by atoms with Crippen molar-refractivity contribution in [3.8, 4) is 0 Å². The number of carbonyl (C=O) groups excluding carboxylic acids is 1. The van der Waals surface area contributed by atoms with Crippen LogP contribution in [0.5, 0.6) is 0 Å². The molecule has 14 heavy (non-hydrogen) atoms. The van der Waals surface area contributed by atoms with E-state index in [0.29, 0.717) is 11.3 Å². The topological polar surface area (TPSA) is 67.5 Å². The van der Waals surface area contributed by atoms with Crippen molar-refractivity contribution in [1.82, 2.24) is 5.43 Å². The van der Waals surface area contributed by atoms with E-state index >= 15 is 0 Å². The maximum absolute atomic E-state index is 10.3. The summed E-state index contributed by atoms with van der Waals surface area (Å²) >= 11 is 0. The van der Waals surface area contributed by atoms with Crippen LogP contribution in [-0.2, 0) is 0 Å². The SMILES string of the molecule is CC1(C)CCC(/C=N/NC(N)=O)CC1. The van der Waals surface area contributed by atoms with Gasteiger partial charge in [-0.15, -0.1) is 0 Å². The van der Waals surface area contributed by atoms with E-state index in [1.54, 1.807) is 6.21 Å². The second-order valence-electron chi connectivity index (χ2n) is 4.76. The van der Waals surface area contributed by atoms with Crippen LogP contribution in [0.4, 0.5) is 4.79 Å². The summed E-state index contributed by atoms with van der Waals surface area (Å²) in [6.07, 6.45) is 6.55. The van der Waals surface area contributed by atoms with Crippen LogP contribution < -0.4 is 11.2 Å². The van der Waals surface area contributed by atoms with Crippen molar-refractivity contribution in [1.29, 1.82) is 0 Å². The maximum atomic E-state index is 10.3. The third-order valence-corrected chi connectivity index (χ3v) is 2.84. The van der Waals surface area contributed by atoms with Crippen LogP contribution in [0.15, 0.2) is 5.10 Å². The van der Waals surface area contributed by atoms with Crippen molar-refractivity contribution in [2.24, 2.45) is 22.2 Å². The molecule has 3 N–H and O–H groups in total. The molecular formula is C10H19N3O. The van der Waals surface area contributed by atoms with Gasteiger partial charge in [-0.05, 0) is 37.0 Å². The second kappa shape index (κ2) is 4.44. The fourth-order valence-electron chi connectivity index (χ4n) is 1.78. The van der Waals surface area contributed by atoms with E-state index < -0.39 is 6.03 Å². The van der Waals surface area contributed by atoms with Gasteiger partial charge in [0, 0.05) is 6.21 Å². The highest BCUT2D eigenvalue weighted by Crippen LogP contribution is 2.37. The molecule has 0 spiro atoms. The molecule has 2 amide bonds. The molecule has 80 valence electrons. The molecule has 4 nitrogen and oxygen atoms in total. The summed E-state index contributed by atoms with van der Waals surface area (Å²) in [7, 11) is 0. The lowest BCUT2D eigenvalue weighted by Gasteiger charge is -2.32. The van der Waals surface area contributed by atoms with Crippen LogP contribution in [0.25, 0.3) is 0 Å². The number of nitrogens with zero attached hydrogens (tertiary/aromatic N) is 1. The van der Waals surface area contributed by atoms with Gasteiger partial charge >= 0.3 is 6.03 Å². The summed E-state index contributed by atoms with van der Waals surface area (Å²) in [5.41, 5.74) is 7.58. The molecule has 1 aliphatic rings. The van der Waals surface area contributed by atoms with Gasteiger partial charge in [-0.3, -0.25) is 0 Å². The van der Waals surface area contributed by atoms with Crippen LogP contribution in [0.3, 0.4) is 0 Å². The number of nitrogens with two attached hydrogens (primary N) is 1. The van der Waals surface area contributed by atoms with Gasteiger partial charge in [0.2, 0.25) is 0 Å². The molecule has 0 aromatic rings. The number of hydrogen-bond acceptors (Lipinski definition) is 2. The first-order chi connectivity index (χ1) is 6.49. The van der Waals surface area contributed by atoms with Gasteiger partial charge in [-0.25, -0.2) is 10.2 Å². The zero-order valence-corrected chi connectivity index (χ0v) is 8.92. The molecule has 0 aromatic heterocycles. The molecule has 0 heterocycles. The molecule has 0 unspecified atom stereocenters. The zero-order valence-electron chi connectivity index (χ0n) is 8.92. The van der Waals surface area contributed by atoms with Gasteiger partial charge in [-0.1, -0.05) is 13.8 Å². The third-order valence-electron chi connectivity index (χ3n) is 2.84. The second-order valence-corrected chi connectivity index (χ2v) is 4.76. The van der Waals surface area contributed by atoms with Crippen LogP contribution in [0.2, 0.25) is 0 Å². The van der Waals surface area contributed by atoms with Gasteiger partial charge in [0.1, 0.15) is 0 Å². The molecular weight excluding hydrogens is 178 g/mol. The monoisotopic (exact) mass is 197 g/mol. The first kappa shape index (κ1) is 11.0. The summed E-state index contributed by atoms with van der Waals surface area (Å²) in [6.45, 7) is 4.59. The standard InChI is InChI=1S/C10H19N3O/c1-10(2)5-3-8(4-6-10)7-12-13-9(11)14/h7-8H,3-6H2,1-2H3,(H3,11,13,14)/b12-7+. The Balaban J connectivity index is 2.29. The largest absolute Gasteiger partial charge is 0.350 e. The lowest BCUT2D eigenvalue weighted by molar-refractivity contribution is 0.222. The summed E-state index contributed by atoms with van der Waals surface area (Å²) in [4.78, 5) is 10.3. The Kier molecular flexibility index (Phi) is 3.49. The van der Waals surface area contributed by atoms with Gasteiger partial charge in [0.15, 0.2) is 0 Å². The Labute approximate surface area is 84.9 Å². The normalized spacial score (nSPS) is 22.4. The maximum Gasteiger partial charge on any atom is 0.332 e. The van der Waals surface area contributed by atoms with Crippen LogP contribution in [0, 0.1) is 11.3 Å². The highest BCUT2D eigenvalue weighted by molar-refractivity contribution is 5.73. The summed E-state index contributed by atoms with van der Waals surface area (Å²) in [5.74, 6) is 0.495. The minimum atomic E-state index is -0.600. The number of amides is 2. The molecule has 0 saturated heterocycles. The average molecular weight is 197 g/mol. The van der Waals surface area contributed by atoms with E-state index in [1.807, 2.05) is 0 Å².